The van der Waals surface area contributed by atoms with Gasteiger partial charge in [-0.2, -0.15) is 4.98 Å². The molecule has 20 nitrogen and oxygen atoms in total. The Morgan fingerprint density at radius 1 is 1.04 bits per heavy atom. The van der Waals surface area contributed by atoms with E-state index in [-0.39, 0.29) is 43.3 Å². The summed E-state index contributed by atoms with van der Waals surface area (Å²) in [4.78, 5) is 67.1. The molecule has 2 aromatic heterocycles. The molecule has 0 radical (unpaired) electrons. The number of esters is 1. The van der Waals surface area contributed by atoms with Crippen LogP contribution in [0.15, 0.2) is 47.5 Å². The van der Waals surface area contributed by atoms with Crippen molar-refractivity contribution in [2.75, 3.05) is 52.8 Å². The molecule has 3 aliphatic rings. The summed E-state index contributed by atoms with van der Waals surface area (Å²) in [6.45, 7) is 12.3. The van der Waals surface area contributed by atoms with Gasteiger partial charge in [-0.3, -0.25) is 18.9 Å². The third-order valence-electron chi connectivity index (χ3n) is 14.1. The summed E-state index contributed by atoms with van der Waals surface area (Å²) in [5.41, 5.74) is 6.31. The lowest BCUT2D eigenvalue weighted by atomic mass is 9.77. The van der Waals surface area contributed by atoms with Crippen LogP contribution in [0.5, 0.6) is 0 Å². The fourth-order valence-electron chi connectivity index (χ4n) is 10.4. The zero-order valence-electron chi connectivity index (χ0n) is 41.2. The number of aliphatic hydroxyl groups excluding tert-OH is 1. The van der Waals surface area contributed by atoms with E-state index in [1.165, 1.54) is 31.2 Å². The second-order valence-corrected chi connectivity index (χ2v) is 19.6. The van der Waals surface area contributed by atoms with Crippen molar-refractivity contribution >= 4 is 29.4 Å². The lowest BCUT2D eigenvalue weighted by Gasteiger charge is -2.47. The molecular formula is C47H71FN10O10. The minimum absolute atomic E-state index is 0.107. The highest BCUT2D eigenvalue weighted by molar-refractivity contribution is 6.07. The number of benzene rings is 1. The molecule has 3 unspecified atom stereocenters. The maximum Gasteiger partial charge on any atom is 0.412 e. The fourth-order valence-corrected chi connectivity index (χ4v) is 10.4. The first kappa shape index (κ1) is 52.3. The average Bonchev–Trinajstić information content (AvgIpc) is 3.87. The number of methoxy groups -OCH3 is 1. The van der Waals surface area contributed by atoms with Crippen LogP contribution in [-0.4, -0.2) is 164 Å². The number of alkyl halides is 1. The highest BCUT2D eigenvalue weighted by Crippen LogP contribution is 2.44. The number of amides is 1. The predicted octanol–water partition coefficient (Wildman–Crippen LogP) is 3.45. The fraction of sp³-hybridized carbons (Fsp3) is 0.681. The number of fused-ring (bicyclic) bond motifs is 1. The number of rotatable bonds is 12. The molecule has 5 N–H and O–H groups in total. The minimum atomic E-state index is -3.32. The van der Waals surface area contributed by atoms with Crippen LogP contribution in [0.25, 0.3) is 11.3 Å². The Labute approximate surface area is 397 Å². The number of aromatic nitrogens is 5. The van der Waals surface area contributed by atoms with Gasteiger partial charge in [0.05, 0.1) is 24.0 Å². The standard InChI is InChI=1S/C47H71FN10O10/c1-12-35-47(58-21-18-36(50)51-43(58)62)38(57(44(63)68-47)20-14-13-19-56-26-33(52-53-56)31-16-15-17-32(49)23-31)30(5)55(10)25-27(2)24-45(6,64-11)40(29(4)39(60)46(7,48)42(61)66-35)67-41-37(59)34(54(8)9)22-28(3)65-41/h15-18,21,23,26-30,34-35,37-38,40-41,59H,12-14,19-20,22,24-25,49H2,1-11H3,(H2,50,51,62)/t27-,28-,29+,30-,34?,35-,37?,38-,40-,41+,45-,46?,47-/m1/s1. The van der Waals surface area contributed by atoms with Crippen LogP contribution in [0.1, 0.15) is 80.6 Å². The first-order valence-corrected chi connectivity index (χ1v) is 23.4. The van der Waals surface area contributed by atoms with Gasteiger partial charge in [-0.25, -0.2) is 18.8 Å². The van der Waals surface area contributed by atoms with Gasteiger partial charge in [0.15, 0.2) is 18.2 Å². The molecule has 3 aliphatic heterocycles. The number of carbonyl (C=O) groups is 3. The third-order valence-corrected chi connectivity index (χ3v) is 14.1. The van der Waals surface area contributed by atoms with E-state index >= 15 is 4.39 Å². The van der Waals surface area contributed by atoms with Crippen LogP contribution in [0, 0.1) is 11.8 Å². The number of ether oxygens (including phenoxy) is 5. The maximum atomic E-state index is 17.5. The number of aryl methyl sites for hydroxylation is 1. The van der Waals surface area contributed by atoms with Gasteiger partial charge in [-0.15, -0.1) is 5.10 Å². The molecule has 0 bridgehead atoms. The molecule has 1 amide bonds. The SMILES string of the molecule is CC[C@H]1OC(=O)C(C)(F)C(=O)[C@H](C)[C@@H](O[C@@H]2O[C@H](C)CC(N(C)C)C2O)[C@](C)(OC)C[C@@H](C)CN(C)[C@H](C)[C@H]2N(CCCCn3cc(-c4cccc(N)c4)nn3)C(=O)O[C@]12n1ccc(N)nc1=O. The highest BCUT2D eigenvalue weighted by atomic mass is 19.1. The Kier molecular flexibility index (Phi) is 16.1. The maximum absolute atomic E-state index is 17.5. The lowest BCUT2D eigenvalue weighted by Crippen LogP contribution is -2.65. The smallest absolute Gasteiger partial charge is 0.412 e. The van der Waals surface area contributed by atoms with E-state index in [1.54, 1.807) is 24.6 Å². The number of ketones is 1. The number of aliphatic hydroxyl groups is 1. The van der Waals surface area contributed by atoms with Gasteiger partial charge in [0.1, 0.15) is 23.7 Å². The Hall–Kier alpha value is -5.06. The molecule has 0 saturated carbocycles. The largest absolute Gasteiger partial charge is 0.453 e. The van der Waals surface area contributed by atoms with E-state index in [4.69, 9.17) is 35.2 Å². The normalized spacial score (nSPS) is 34.6. The molecule has 3 fully saturated rings. The summed E-state index contributed by atoms with van der Waals surface area (Å²) in [7, 11) is 6.99. The van der Waals surface area contributed by atoms with Gasteiger partial charge < -0.3 is 50.1 Å². The summed E-state index contributed by atoms with van der Waals surface area (Å²) in [5.74, 6) is -4.49. The number of carbonyl (C=O) groups excluding carboxylic acids is 3. The van der Waals surface area contributed by atoms with Gasteiger partial charge in [0.2, 0.25) is 0 Å². The number of hydrogen-bond donors (Lipinski definition) is 3. The lowest BCUT2D eigenvalue weighted by molar-refractivity contribution is -0.295. The van der Waals surface area contributed by atoms with E-state index in [0.717, 1.165) is 17.1 Å². The quantitative estimate of drug-likeness (QED) is 0.102. The molecule has 0 aliphatic carbocycles. The van der Waals surface area contributed by atoms with Crippen molar-refractivity contribution in [1.29, 1.82) is 0 Å². The number of nitrogens with two attached hydrogens (primary N) is 2. The molecule has 5 heterocycles. The Morgan fingerprint density at radius 3 is 2.40 bits per heavy atom. The first-order valence-electron chi connectivity index (χ1n) is 23.4. The Morgan fingerprint density at radius 2 is 1.75 bits per heavy atom. The number of cyclic esters (lactones) is 1. The Bertz CT molecular complexity index is 2310. The number of halogens is 1. The van der Waals surface area contributed by atoms with Gasteiger partial charge >= 0.3 is 17.8 Å². The second-order valence-electron chi connectivity index (χ2n) is 19.6. The number of anilines is 2. The molecule has 1 aromatic carbocycles. The van der Waals surface area contributed by atoms with E-state index < -0.39 is 83.1 Å². The number of nitrogen functional groups attached to an aromatic ring is 2. The number of Topliss-reactive ketones (excluding diaryl/α,β-unsaturated/α-hetero) is 1. The van der Waals surface area contributed by atoms with Crippen molar-refractivity contribution < 1.29 is 47.6 Å². The number of unbranched alkanes of at least 4 members (excludes halogenated alkanes) is 1. The molecule has 0 spiro atoms. The topological polar surface area (TPSA) is 245 Å². The summed E-state index contributed by atoms with van der Waals surface area (Å²) in [6, 6.07) is 6.57. The summed E-state index contributed by atoms with van der Waals surface area (Å²) >= 11 is 0. The van der Waals surface area contributed by atoms with E-state index in [1.807, 2.05) is 76.1 Å². The first-order chi connectivity index (χ1) is 32.0. The molecule has 13 atom stereocenters. The van der Waals surface area contributed by atoms with Crippen LogP contribution < -0.4 is 17.2 Å². The van der Waals surface area contributed by atoms with Crippen molar-refractivity contribution in [1.82, 2.24) is 39.2 Å². The Balaban J connectivity index is 1.40. The molecule has 68 heavy (non-hydrogen) atoms. The van der Waals surface area contributed by atoms with Crippen LogP contribution >= 0.6 is 0 Å². The van der Waals surface area contributed by atoms with Crippen molar-refractivity contribution in [2.24, 2.45) is 11.8 Å². The minimum Gasteiger partial charge on any atom is -0.453 e. The summed E-state index contributed by atoms with van der Waals surface area (Å²) in [6.07, 6.45) is -1.62. The highest BCUT2D eigenvalue weighted by Gasteiger charge is 2.65. The predicted molar refractivity (Wildman–Crippen MR) is 249 cm³/mol. The average molecular weight is 955 g/mol. The van der Waals surface area contributed by atoms with Gasteiger partial charge in [-0.1, -0.05) is 38.1 Å². The van der Waals surface area contributed by atoms with Crippen molar-refractivity contribution in [3.05, 3.63) is 53.2 Å². The van der Waals surface area contributed by atoms with Crippen molar-refractivity contribution in [3.63, 3.8) is 0 Å². The molecule has 376 valence electrons. The van der Waals surface area contributed by atoms with Crippen LogP contribution in [0.3, 0.4) is 0 Å². The van der Waals surface area contributed by atoms with E-state index in [2.05, 4.69) is 15.3 Å². The zero-order valence-corrected chi connectivity index (χ0v) is 41.2. The third kappa shape index (κ3) is 10.4. The molecule has 3 saturated heterocycles. The summed E-state index contributed by atoms with van der Waals surface area (Å²) < 4.78 is 51.7. The number of likely N-dealkylation sites (N-methyl/N-ethyl adjacent to an activating group) is 2. The van der Waals surface area contributed by atoms with E-state index in [9.17, 15) is 24.3 Å². The molecule has 6 rings (SSSR count). The van der Waals surface area contributed by atoms with Crippen LogP contribution in [0.2, 0.25) is 0 Å². The van der Waals surface area contributed by atoms with Gasteiger partial charge in [0.25, 0.3) is 11.4 Å². The molecular weight excluding hydrogens is 884 g/mol. The van der Waals surface area contributed by atoms with Crippen molar-refractivity contribution in [2.45, 2.75) is 153 Å². The zero-order chi connectivity index (χ0) is 50.0. The molecule has 3 aromatic rings. The molecule has 21 heteroatoms. The number of nitrogens with zero attached hydrogens (tertiary/aromatic N) is 8. The van der Waals surface area contributed by atoms with Gasteiger partial charge in [-0.05, 0) is 105 Å². The van der Waals surface area contributed by atoms with Crippen LogP contribution in [0.4, 0.5) is 20.7 Å². The summed E-state index contributed by atoms with van der Waals surface area (Å²) in [5, 5.41) is 20.1. The van der Waals surface area contributed by atoms with Gasteiger partial charge in [0, 0.05) is 62.2 Å². The van der Waals surface area contributed by atoms with E-state index in [0.29, 0.717) is 43.7 Å². The monoisotopic (exact) mass is 955 g/mol. The van der Waals surface area contributed by atoms with Crippen LogP contribution in [-0.2, 0) is 45.5 Å². The van der Waals surface area contributed by atoms with Crippen molar-refractivity contribution in [3.8, 4) is 11.3 Å². The second kappa shape index (κ2) is 20.9. The number of hydrogen-bond acceptors (Lipinski definition) is 17.